The van der Waals surface area contributed by atoms with Crippen LogP contribution in [0.15, 0.2) is 63.7 Å². The van der Waals surface area contributed by atoms with Crippen molar-refractivity contribution >= 4 is 23.3 Å². The quantitative estimate of drug-likeness (QED) is 0.531. The van der Waals surface area contributed by atoms with E-state index in [-0.39, 0.29) is 22.7 Å². The molecule has 2 aromatic carbocycles. The van der Waals surface area contributed by atoms with Crippen LogP contribution in [0.3, 0.4) is 0 Å². The highest BCUT2D eigenvalue weighted by molar-refractivity contribution is 6.23. The Morgan fingerprint density at radius 2 is 1.59 bits per heavy atom. The molecule has 4 N–H and O–H groups in total. The first-order valence-electron chi connectivity index (χ1n) is 8.80. The molecule has 0 bridgehead atoms. The normalized spacial score (nSPS) is 16.7. The lowest BCUT2D eigenvalue weighted by Gasteiger charge is -2.27. The van der Waals surface area contributed by atoms with E-state index in [0.29, 0.717) is 28.0 Å². The predicted octanol–water partition coefficient (Wildman–Crippen LogP) is 1.93. The van der Waals surface area contributed by atoms with Gasteiger partial charge in [-0.2, -0.15) is 0 Å². The summed E-state index contributed by atoms with van der Waals surface area (Å²) in [6.07, 6.45) is 0. The number of hydrogen-bond donors (Lipinski definition) is 4. The van der Waals surface area contributed by atoms with Crippen molar-refractivity contribution < 1.29 is 14.7 Å². The molecule has 8 nitrogen and oxygen atoms in total. The number of nitrogens with one attached hydrogen (secondary N) is 3. The molecule has 0 amide bonds. The SMILES string of the molecule is O=C(O)c1ccc([C@@H]2C3=C(Nc4[nH]c(=O)[nH]c(=O)c42)c2ccccc2C3=O)cc1. The number of rotatable bonds is 2. The standard InChI is InChI=1S/C21H13N3O5/c25-17-12-4-2-1-3-11(12)16-14(17)13(9-5-7-10(8-6-9)20(27)28)15-18(22-16)23-21(29)24-19(15)26/h1-8,13H,(H,27,28)(H3,22,23,24,26,29)/t13-/m1/s1. The van der Waals surface area contributed by atoms with Crippen LogP contribution >= 0.6 is 0 Å². The molecule has 0 radical (unpaired) electrons. The Labute approximate surface area is 162 Å². The first-order chi connectivity index (χ1) is 14.0. The van der Waals surface area contributed by atoms with Crippen LogP contribution in [0.25, 0.3) is 5.70 Å². The molecule has 3 aromatic rings. The summed E-state index contributed by atoms with van der Waals surface area (Å²) in [5.74, 6) is -1.83. The number of ketones is 1. The van der Waals surface area contributed by atoms with Crippen molar-refractivity contribution in [2.45, 2.75) is 5.92 Å². The lowest BCUT2D eigenvalue weighted by molar-refractivity contribution is 0.0696. The van der Waals surface area contributed by atoms with Crippen LogP contribution in [0, 0.1) is 0 Å². The van der Waals surface area contributed by atoms with Gasteiger partial charge in [0, 0.05) is 22.6 Å². The number of carboxylic acid groups (broad SMARTS) is 1. The van der Waals surface area contributed by atoms with E-state index >= 15 is 0 Å². The molecule has 1 aliphatic carbocycles. The highest BCUT2D eigenvalue weighted by Gasteiger charge is 2.41. The molecule has 0 fully saturated rings. The van der Waals surface area contributed by atoms with Gasteiger partial charge in [0.05, 0.1) is 16.8 Å². The molecular weight excluding hydrogens is 374 g/mol. The van der Waals surface area contributed by atoms with E-state index in [0.717, 1.165) is 0 Å². The number of allylic oxidation sites excluding steroid dienone is 1. The van der Waals surface area contributed by atoms with Crippen molar-refractivity contribution in [3.05, 3.63) is 103 Å². The molecule has 1 aromatic heterocycles. The van der Waals surface area contributed by atoms with Crippen LogP contribution in [0.5, 0.6) is 0 Å². The van der Waals surface area contributed by atoms with Crippen molar-refractivity contribution in [2.24, 2.45) is 0 Å². The summed E-state index contributed by atoms with van der Waals surface area (Å²) in [7, 11) is 0. The summed E-state index contributed by atoms with van der Waals surface area (Å²) in [5, 5.41) is 12.2. The van der Waals surface area contributed by atoms with E-state index in [4.69, 9.17) is 5.11 Å². The second-order valence-electron chi connectivity index (χ2n) is 6.85. The Kier molecular flexibility index (Phi) is 3.44. The second-order valence-corrected chi connectivity index (χ2v) is 6.85. The first-order valence-corrected chi connectivity index (χ1v) is 8.80. The van der Waals surface area contributed by atoms with Gasteiger partial charge in [0.2, 0.25) is 0 Å². The third-order valence-electron chi connectivity index (χ3n) is 5.25. The van der Waals surface area contributed by atoms with Gasteiger partial charge >= 0.3 is 11.7 Å². The summed E-state index contributed by atoms with van der Waals surface area (Å²) in [6, 6.07) is 13.1. The number of Topliss-reactive ketones (excluding diaryl/α,β-unsaturated/α-hetero) is 1. The van der Waals surface area contributed by atoms with Gasteiger partial charge in [-0.15, -0.1) is 0 Å². The number of aromatic nitrogens is 2. The van der Waals surface area contributed by atoms with Crippen molar-refractivity contribution in [3.63, 3.8) is 0 Å². The molecule has 2 aliphatic rings. The summed E-state index contributed by atoms with van der Waals surface area (Å²) >= 11 is 0. The molecular formula is C21H13N3O5. The zero-order valence-electron chi connectivity index (χ0n) is 14.8. The number of anilines is 1. The summed E-state index contributed by atoms with van der Waals surface area (Å²) < 4.78 is 0. The smallest absolute Gasteiger partial charge is 0.335 e. The van der Waals surface area contributed by atoms with Crippen LogP contribution < -0.4 is 16.6 Å². The fourth-order valence-corrected chi connectivity index (χ4v) is 4.00. The zero-order valence-corrected chi connectivity index (χ0v) is 14.8. The average molecular weight is 387 g/mol. The van der Waals surface area contributed by atoms with Gasteiger partial charge in [0.15, 0.2) is 5.78 Å². The molecule has 0 saturated carbocycles. The second kappa shape index (κ2) is 5.90. The Bertz CT molecular complexity index is 1360. The fraction of sp³-hybridized carbons (Fsp3) is 0.0476. The number of aromatic carboxylic acids is 1. The van der Waals surface area contributed by atoms with E-state index in [1.165, 1.54) is 12.1 Å². The van der Waals surface area contributed by atoms with Gasteiger partial charge in [-0.3, -0.25) is 19.6 Å². The zero-order chi connectivity index (χ0) is 20.3. The summed E-state index contributed by atoms with van der Waals surface area (Å²) in [6.45, 7) is 0. The van der Waals surface area contributed by atoms with Gasteiger partial charge in [0.25, 0.3) is 5.56 Å². The van der Waals surface area contributed by atoms with E-state index < -0.39 is 23.1 Å². The number of carbonyl (C=O) groups excluding carboxylic acids is 1. The van der Waals surface area contributed by atoms with Crippen LogP contribution in [0.1, 0.15) is 43.3 Å². The third-order valence-corrected chi connectivity index (χ3v) is 5.25. The van der Waals surface area contributed by atoms with Gasteiger partial charge < -0.3 is 10.4 Å². The molecule has 2 heterocycles. The maximum atomic E-state index is 13.2. The summed E-state index contributed by atoms with van der Waals surface area (Å²) in [5.41, 5.74) is 1.70. The van der Waals surface area contributed by atoms with Crippen molar-refractivity contribution in [1.82, 2.24) is 9.97 Å². The minimum Gasteiger partial charge on any atom is -0.478 e. The van der Waals surface area contributed by atoms with Gasteiger partial charge in [-0.05, 0) is 17.7 Å². The Balaban J connectivity index is 1.79. The average Bonchev–Trinajstić information content (AvgIpc) is 2.99. The Morgan fingerprint density at radius 1 is 0.897 bits per heavy atom. The lowest BCUT2D eigenvalue weighted by atomic mass is 9.81. The highest BCUT2D eigenvalue weighted by atomic mass is 16.4. The maximum absolute atomic E-state index is 13.2. The number of benzene rings is 2. The molecule has 142 valence electrons. The fourth-order valence-electron chi connectivity index (χ4n) is 4.00. The van der Waals surface area contributed by atoms with E-state index in [9.17, 15) is 19.2 Å². The topological polar surface area (TPSA) is 132 Å². The van der Waals surface area contributed by atoms with E-state index in [1.54, 1.807) is 36.4 Å². The number of aromatic amines is 2. The number of hydrogen-bond acceptors (Lipinski definition) is 5. The van der Waals surface area contributed by atoms with Crippen molar-refractivity contribution in [3.8, 4) is 0 Å². The molecule has 8 heteroatoms. The third kappa shape index (κ3) is 2.39. The molecule has 29 heavy (non-hydrogen) atoms. The van der Waals surface area contributed by atoms with Gasteiger partial charge in [-0.25, -0.2) is 9.59 Å². The number of fused-ring (bicyclic) bond motifs is 3. The molecule has 0 saturated heterocycles. The number of carboxylic acids is 1. The summed E-state index contributed by atoms with van der Waals surface area (Å²) in [4.78, 5) is 53.7. The molecule has 1 atom stereocenters. The molecule has 0 unspecified atom stereocenters. The minimum atomic E-state index is -1.08. The minimum absolute atomic E-state index is 0.0912. The predicted molar refractivity (Wildman–Crippen MR) is 104 cm³/mol. The van der Waals surface area contributed by atoms with Crippen LogP contribution in [0.4, 0.5) is 5.82 Å². The van der Waals surface area contributed by atoms with Crippen LogP contribution in [-0.4, -0.2) is 26.8 Å². The molecule has 1 aliphatic heterocycles. The van der Waals surface area contributed by atoms with Gasteiger partial charge in [0.1, 0.15) is 5.82 Å². The molecule has 5 rings (SSSR count). The van der Waals surface area contributed by atoms with Crippen molar-refractivity contribution in [2.75, 3.05) is 5.32 Å². The van der Waals surface area contributed by atoms with E-state index in [1.807, 2.05) is 0 Å². The Hall–Kier alpha value is -4.20. The van der Waals surface area contributed by atoms with Crippen LogP contribution in [-0.2, 0) is 0 Å². The Morgan fingerprint density at radius 3 is 2.28 bits per heavy atom. The van der Waals surface area contributed by atoms with Gasteiger partial charge in [-0.1, -0.05) is 36.4 Å². The number of H-pyrrole nitrogens is 2. The highest BCUT2D eigenvalue weighted by Crippen LogP contribution is 2.47. The monoisotopic (exact) mass is 387 g/mol. The largest absolute Gasteiger partial charge is 0.478 e. The number of carbonyl (C=O) groups is 2. The van der Waals surface area contributed by atoms with Crippen LogP contribution in [0.2, 0.25) is 0 Å². The maximum Gasteiger partial charge on any atom is 0.335 e. The first kappa shape index (κ1) is 16.9. The molecule has 0 spiro atoms. The van der Waals surface area contributed by atoms with Crippen molar-refractivity contribution in [1.29, 1.82) is 0 Å². The lowest BCUT2D eigenvalue weighted by Crippen LogP contribution is -2.33. The van der Waals surface area contributed by atoms with E-state index in [2.05, 4.69) is 15.3 Å².